The highest BCUT2D eigenvalue weighted by Crippen LogP contribution is 2.26. The van der Waals surface area contributed by atoms with Crippen LogP contribution in [0.15, 0.2) is 46.9 Å². The van der Waals surface area contributed by atoms with E-state index in [4.69, 9.17) is 4.74 Å². The van der Waals surface area contributed by atoms with Crippen molar-refractivity contribution < 1.29 is 14.6 Å². The SMILES string of the molecule is CCOc1cc(/C=N/NC(=O)CSc2ncccn2)ccc1O. The molecule has 2 aromatic rings. The van der Waals surface area contributed by atoms with Crippen LogP contribution in [0.2, 0.25) is 0 Å². The first-order valence-electron chi connectivity index (χ1n) is 6.86. The molecule has 0 aliphatic rings. The van der Waals surface area contributed by atoms with E-state index in [1.807, 2.05) is 6.92 Å². The molecule has 2 rings (SSSR count). The molecule has 0 unspecified atom stereocenters. The van der Waals surface area contributed by atoms with Crippen molar-refractivity contribution in [1.29, 1.82) is 0 Å². The van der Waals surface area contributed by atoms with E-state index in [-0.39, 0.29) is 17.4 Å². The molecule has 8 heteroatoms. The van der Waals surface area contributed by atoms with E-state index in [0.29, 0.717) is 23.1 Å². The Morgan fingerprint density at radius 3 is 2.96 bits per heavy atom. The lowest BCUT2D eigenvalue weighted by Gasteiger charge is -2.06. The Balaban J connectivity index is 1.84. The first-order chi connectivity index (χ1) is 11.2. The molecule has 0 radical (unpaired) electrons. The van der Waals surface area contributed by atoms with Crippen LogP contribution in [0.3, 0.4) is 0 Å². The van der Waals surface area contributed by atoms with Crippen molar-refractivity contribution >= 4 is 23.9 Å². The molecule has 0 fully saturated rings. The van der Waals surface area contributed by atoms with Crippen LogP contribution in [-0.2, 0) is 4.79 Å². The van der Waals surface area contributed by atoms with Gasteiger partial charge < -0.3 is 9.84 Å². The Morgan fingerprint density at radius 2 is 2.22 bits per heavy atom. The number of rotatable bonds is 7. The molecule has 1 aromatic heterocycles. The smallest absolute Gasteiger partial charge is 0.250 e. The summed E-state index contributed by atoms with van der Waals surface area (Å²) in [5.41, 5.74) is 3.12. The normalized spacial score (nSPS) is 10.7. The molecule has 1 heterocycles. The molecule has 0 atom stereocenters. The van der Waals surface area contributed by atoms with Gasteiger partial charge in [-0.3, -0.25) is 4.79 Å². The fourth-order valence-electron chi connectivity index (χ4n) is 1.58. The number of nitrogens with one attached hydrogen (secondary N) is 1. The van der Waals surface area contributed by atoms with Gasteiger partial charge in [-0.15, -0.1) is 0 Å². The molecule has 0 saturated heterocycles. The zero-order chi connectivity index (χ0) is 16.5. The molecule has 0 saturated carbocycles. The van der Waals surface area contributed by atoms with E-state index in [9.17, 15) is 9.90 Å². The van der Waals surface area contributed by atoms with Gasteiger partial charge in [-0.25, -0.2) is 15.4 Å². The van der Waals surface area contributed by atoms with Crippen LogP contribution in [0.25, 0.3) is 0 Å². The second-order valence-corrected chi connectivity index (χ2v) is 5.22. The number of benzene rings is 1. The van der Waals surface area contributed by atoms with Crippen LogP contribution in [0.1, 0.15) is 12.5 Å². The number of hydrogen-bond acceptors (Lipinski definition) is 7. The average molecular weight is 332 g/mol. The summed E-state index contributed by atoms with van der Waals surface area (Å²) in [6, 6.07) is 6.53. The van der Waals surface area contributed by atoms with Crippen LogP contribution < -0.4 is 10.2 Å². The summed E-state index contributed by atoms with van der Waals surface area (Å²) in [6.45, 7) is 2.28. The van der Waals surface area contributed by atoms with Crippen molar-refractivity contribution in [3.63, 3.8) is 0 Å². The van der Waals surface area contributed by atoms with Crippen LogP contribution in [0, 0.1) is 0 Å². The number of amides is 1. The van der Waals surface area contributed by atoms with Crippen molar-refractivity contribution in [2.45, 2.75) is 12.1 Å². The fourth-order valence-corrected chi connectivity index (χ4v) is 2.18. The number of hydrazone groups is 1. The van der Waals surface area contributed by atoms with E-state index >= 15 is 0 Å². The van der Waals surface area contributed by atoms with Gasteiger partial charge in [-0.05, 0) is 36.8 Å². The van der Waals surface area contributed by atoms with Crippen LogP contribution in [-0.4, -0.2) is 39.6 Å². The lowest BCUT2D eigenvalue weighted by Crippen LogP contribution is -2.19. The predicted octanol–water partition coefficient (Wildman–Crippen LogP) is 1.82. The maximum atomic E-state index is 11.7. The standard InChI is InChI=1S/C15H16N4O3S/c1-2-22-13-8-11(4-5-12(13)20)9-18-19-14(21)10-23-15-16-6-3-7-17-15/h3-9,20H,2,10H2,1H3,(H,19,21)/b18-9+. The zero-order valence-corrected chi connectivity index (χ0v) is 13.3. The van der Waals surface area contributed by atoms with E-state index in [0.717, 1.165) is 0 Å². The van der Waals surface area contributed by atoms with E-state index in [1.54, 1.807) is 30.6 Å². The van der Waals surface area contributed by atoms with Gasteiger partial charge in [-0.1, -0.05) is 11.8 Å². The van der Waals surface area contributed by atoms with Gasteiger partial charge in [0.05, 0.1) is 18.6 Å². The molecule has 0 aliphatic carbocycles. The highest BCUT2D eigenvalue weighted by Gasteiger charge is 2.04. The number of carbonyl (C=O) groups is 1. The van der Waals surface area contributed by atoms with Crippen molar-refractivity contribution in [3.05, 3.63) is 42.2 Å². The molecular weight excluding hydrogens is 316 g/mol. The number of aromatic nitrogens is 2. The van der Waals surface area contributed by atoms with Crippen LogP contribution >= 0.6 is 11.8 Å². The lowest BCUT2D eigenvalue weighted by atomic mass is 10.2. The molecule has 7 nitrogen and oxygen atoms in total. The summed E-state index contributed by atoms with van der Waals surface area (Å²) in [5, 5.41) is 14.0. The summed E-state index contributed by atoms with van der Waals surface area (Å²) in [5.74, 6) is 0.343. The summed E-state index contributed by atoms with van der Waals surface area (Å²) in [6.07, 6.45) is 4.71. The summed E-state index contributed by atoms with van der Waals surface area (Å²) >= 11 is 1.22. The van der Waals surface area contributed by atoms with E-state index < -0.39 is 0 Å². The van der Waals surface area contributed by atoms with Crippen LogP contribution in [0.4, 0.5) is 0 Å². The molecule has 2 N–H and O–H groups in total. The minimum Gasteiger partial charge on any atom is -0.504 e. The van der Waals surface area contributed by atoms with Crippen molar-refractivity contribution in [2.75, 3.05) is 12.4 Å². The Morgan fingerprint density at radius 1 is 1.43 bits per heavy atom. The van der Waals surface area contributed by atoms with Gasteiger partial charge in [0.2, 0.25) is 0 Å². The minimum atomic E-state index is -0.262. The van der Waals surface area contributed by atoms with Gasteiger partial charge in [0, 0.05) is 12.4 Å². The summed E-state index contributed by atoms with van der Waals surface area (Å²) in [4.78, 5) is 19.7. The number of phenols is 1. The van der Waals surface area contributed by atoms with Gasteiger partial charge in [0.1, 0.15) is 0 Å². The monoisotopic (exact) mass is 332 g/mol. The third-order valence-corrected chi connectivity index (χ3v) is 3.44. The Kier molecular flexibility index (Phi) is 6.37. The van der Waals surface area contributed by atoms with Crippen molar-refractivity contribution in [3.8, 4) is 11.5 Å². The maximum absolute atomic E-state index is 11.7. The molecule has 120 valence electrons. The Hall–Kier alpha value is -2.61. The fraction of sp³-hybridized carbons (Fsp3) is 0.200. The van der Waals surface area contributed by atoms with E-state index in [2.05, 4.69) is 20.5 Å². The van der Waals surface area contributed by atoms with Crippen molar-refractivity contribution in [1.82, 2.24) is 15.4 Å². The predicted molar refractivity (Wildman–Crippen MR) is 87.8 cm³/mol. The second kappa shape index (κ2) is 8.74. The molecule has 1 amide bonds. The number of thioether (sulfide) groups is 1. The number of nitrogens with zero attached hydrogens (tertiary/aromatic N) is 3. The first-order valence-corrected chi connectivity index (χ1v) is 7.85. The molecule has 23 heavy (non-hydrogen) atoms. The van der Waals surface area contributed by atoms with Gasteiger partial charge >= 0.3 is 0 Å². The molecule has 0 aliphatic heterocycles. The van der Waals surface area contributed by atoms with Gasteiger partial charge in [-0.2, -0.15) is 5.10 Å². The molecule has 0 spiro atoms. The number of phenolic OH excluding ortho intramolecular Hbond substituents is 1. The summed E-state index contributed by atoms with van der Waals surface area (Å²) < 4.78 is 5.28. The summed E-state index contributed by atoms with van der Waals surface area (Å²) in [7, 11) is 0. The van der Waals surface area contributed by atoms with Crippen molar-refractivity contribution in [2.24, 2.45) is 5.10 Å². The largest absolute Gasteiger partial charge is 0.504 e. The van der Waals surface area contributed by atoms with Gasteiger partial charge in [0.25, 0.3) is 5.91 Å². The average Bonchev–Trinajstić information content (AvgIpc) is 2.57. The minimum absolute atomic E-state index is 0.0623. The second-order valence-electron chi connectivity index (χ2n) is 4.27. The lowest BCUT2D eigenvalue weighted by molar-refractivity contribution is -0.118. The number of aromatic hydroxyl groups is 1. The number of hydrogen-bond donors (Lipinski definition) is 2. The highest BCUT2D eigenvalue weighted by atomic mass is 32.2. The zero-order valence-electron chi connectivity index (χ0n) is 12.5. The third kappa shape index (κ3) is 5.59. The highest BCUT2D eigenvalue weighted by molar-refractivity contribution is 7.99. The van der Waals surface area contributed by atoms with Gasteiger partial charge in [0.15, 0.2) is 16.7 Å². The third-order valence-electron chi connectivity index (χ3n) is 2.56. The Bertz CT molecular complexity index is 680. The molecule has 1 aromatic carbocycles. The van der Waals surface area contributed by atoms with Crippen LogP contribution in [0.5, 0.6) is 11.5 Å². The quantitative estimate of drug-likeness (QED) is 0.347. The Labute approximate surface area is 137 Å². The number of ether oxygens (including phenoxy) is 1. The topological polar surface area (TPSA) is 96.7 Å². The number of carbonyl (C=O) groups excluding carboxylic acids is 1. The molecular formula is C15H16N4O3S. The maximum Gasteiger partial charge on any atom is 0.250 e. The first kappa shape index (κ1) is 16.8. The molecule has 0 bridgehead atoms. The van der Waals surface area contributed by atoms with E-state index in [1.165, 1.54) is 24.0 Å².